The van der Waals surface area contributed by atoms with Gasteiger partial charge in [0.25, 0.3) is 6.43 Å². The molecule has 17 heavy (non-hydrogen) atoms. The molecule has 0 radical (unpaired) electrons. The summed E-state index contributed by atoms with van der Waals surface area (Å²) in [5.41, 5.74) is 10.2. The molecule has 0 bridgehead atoms. The highest BCUT2D eigenvalue weighted by Gasteiger charge is 2.12. The minimum Gasteiger partial charge on any atom is -0.395 e. The Balaban J connectivity index is 2.60. The van der Waals surface area contributed by atoms with Gasteiger partial charge in [-0.25, -0.2) is 8.78 Å². The Morgan fingerprint density at radius 3 is 3.00 bits per heavy atom. The normalized spacial score (nSPS) is 14.0. The number of hydrogen-bond acceptors (Lipinski definition) is 2. The zero-order valence-electron chi connectivity index (χ0n) is 9.71. The van der Waals surface area contributed by atoms with Gasteiger partial charge in [-0.3, -0.25) is 4.68 Å². The molecule has 1 aliphatic rings. The summed E-state index contributed by atoms with van der Waals surface area (Å²) in [6.45, 7) is 1.66. The second-order valence-electron chi connectivity index (χ2n) is 4.09. The van der Waals surface area contributed by atoms with Gasteiger partial charge in [0.2, 0.25) is 0 Å². The van der Waals surface area contributed by atoms with E-state index in [1.807, 2.05) is 13.0 Å². The first-order valence-electron chi connectivity index (χ1n) is 5.71. The van der Waals surface area contributed by atoms with Gasteiger partial charge in [-0.2, -0.15) is 5.10 Å². The molecular formula is C12H15F2N3. The van der Waals surface area contributed by atoms with Crippen molar-refractivity contribution in [2.45, 2.75) is 39.2 Å². The van der Waals surface area contributed by atoms with Crippen molar-refractivity contribution in [2.24, 2.45) is 5.73 Å². The molecule has 92 valence electrons. The summed E-state index contributed by atoms with van der Waals surface area (Å²) in [6.07, 6.45) is 1.67. The van der Waals surface area contributed by atoms with Crippen molar-refractivity contribution in [1.82, 2.24) is 9.78 Å². The van der Waals surface area contributed by atoms with Crippen molar-refractivity contribution in [3.63, 3.8) is 0 Å². The smallest absolute Gasteiger partial charge is 0.257 e. The fourth-order valence-electron chi connectivity index (χ4n) is 1.97. The predicted molar refractivity (Wildman–Crippen MR) is 61.7 cm³/mol. The minimum absolute atomic E-state index is 0.371. The van der Waals surface area contributed by atoms with E-state index in [0.29, 0.717) is 12.1 Å². The van der Waals surface area contributed by atoms with Crippen molar-refractivity contribution >= 4 is 11.8 Å². The first kappa shape index (κ1) is 11.9. The van der Waals surface area contributed by atoms with Gasteiger partial charge in [0, 0.05) is 6.42 Å². The van der Waals surface area contributed by atoms with E-state index in [9.17, 15) is 8.78 Å². The molecule has 1 aromatic rings. The Morgan fingerprint density at radius 2 is 2.35 bits per heavy atom. The summed E-state index contributed by atoms with van der Waals surface area (Å²) in [4.78, 5) is 0. The summed E-state index contributed by atoms with van der Waals surface area (Å²) in [5.74, 6) is 0. The van der Waals surface area contributed by atoms with Crippen molar-refractivity contribution in [2.75, 3.05) is 0 Å². The molecule has 0 fully saturated rings. The monoisotopic (exact) mass is 239 g/mol. The van der Waals surface area contributed by atoms with Crippen LogP contribution in [0.3, 0.4) is 0 Å². The number of nitrogens with zero attached hydrogens (tertiary/aromatic N) is 2. The Morgan fingerprint density at radius 1 is 1.59 bits per heavy atom. The lowest BCUT2D eigenvalue weighted by Gasteiger charge is -2.01. The van der Waals surface area contributed by atoms with Crippen LogP contribution in [0.5, 0.6) is 0 Å². The number of rotatable bonds is 4. The van der Waals surface area contributed by atoms with Gasteiger partial charge in [-0.15, -0.1) is 0 Å². The number of allylic oxidation sites excluding steroid dienone is 1. The third-order valence-corrected chi connectivity index (χ3v) is 2.66. The van der Waals surface area contributed by atoms with E-state index < -0.39 is 6.43 Å². The highest BCUT2D eigenvalue weighted by Crippen LogP contribution is 2.00. The van der Waals surface area contributed by atoms with Crippen LogP contribution in [0, 0.1) is 0 Å². The number of nitrogens with two attached hydrogens (primary N) is 1. The Hall–Kier alpha value is -1.61. The summed E-state index contributed by atoms with van der Waals surface area (Å²) < 4.78 is 26.2. The van der Waals surface area contributed by atoms with Crippen LogP contribution >= 0.6 is 0 Å². The van der Waals surface area contributed by atoms with E-state index in [4.69, 9.17) is 5.73 Å². The van der Waals surface area contributed by atoms with Crippen molar-refractivity contribution < 1.29 is 8.78 Å². The zero-order chi connectivity index (χ0) is 12.4. The molecule has 0 aliphatic heterocycles. The summed E-state index contributed by atoms with van der Waals surface area (Å²) in [6, 6.07) is 0. The Bertz CT molecular complexity index is 565. The van der Waals surface area contributed by atoms with Crippen LogP contribution in [0.1, 0.15) is 25.5 Å². The number of aryl methyl sites for hydroxylation is 1. The maximum absolute atomic E-state index is 12.4. The van der Waals surface area contributed by atoms with Crippen LogP contribution in [0.15, 0.2) is 5.70 Å². The van der Waals surface area contributed by atoms with Crippen molar-refractivity contribution in [3.05, 3.63) is 22.0 Å². The molecule has 2 rings (SSSR count). The number of fused-ring (bicyclic) bond motifs is 1. The van der Waals surface area contributed by atoms with E-state index >= 15 is 0 Å². The quantitative estimate of drug-likeness (QED) is 0.832. The maximum Gasteiger partial charge on any atom is 0.257 e. The van der Waals surface area contributed by atoms with Gasteiger partial charge in [0.1, 0.15) is 6.54 Å². The topological polar surface area (TPSA) is 43.8 Å². The molecule has 0 atom stereocenters. The van der Waals surface area contributed by atoms with Crippen molar-refractivity contribution in [3.8, 4) is 0 Å². The van der Waals surface area contributed by atoms with Gasteiger partial charge in [0.05, 0.1) is 22.0 Å². The molecule has 0 amide bonds. The van der Waals surface area contributed by atoms with E-state index in [2.05, 4.69) is 10.8 Å². The number of halogens is 2. The summed E-state index contributed by atoms with van der Waals surface area (Å²) in [5, 5.41) is 5.74. The number of alkyl halides is 2. The minimum atomic E-state index is -2.40. The standard InChI is InChI=1S/C12H15F2N3/c1-2-3-10-9-6-8(15)4-5-11(9)17(16-10)7-12(13)14/h5,12H,2-4,7,15H2,1H3. The first-order valence-corrected chi connectivity index (χ1v) is 5.71. The molecule has 0 saturated carbocycles. The molecule has 0 unspecified atom stereocenters. The lowest BCUT2D eigenvalue weighted by Crippen LogP contribution is -2.33. The SMILES string of the molecule is CCCc1nn(CC(F)F)c2c1=C=C(N)CC=2. The predicted octanol–water partition coefficient (Wildman–Crippen LogP) is 0.507. The zero-order valence-corrected chi connectivity index (χ0v) is 9.71. The fraction of sp³-hybridized carbons (Fsp3) is 0.500. The van der Waals surface area contributed by atoms with Crippen LogP contribution in [0.2, 0.25) is 0 Å². The molecule has 1 aliphatic carbocycles. The lowest BCUT2D eigenvalue weighted by molar-refractivity contribution is 0.120. The van der Waals surface area contributed by atoms with Gasteiger partial charge in [-0.05, 0) is 6.42 Å². The highest BCUT2D eigenvalue weighted by atomic mass is 19.3. The number of hydrogen-bond donors (Lipinski definition) is 1. The molecule has 0 saturated heterocycles. The molecule has 1 aromatic heterocycles. The molecule has 0 spiro atoms. The second-order valence-corrected chi connectivity index (χ2v) is 4.09. The van der Waals surface area contributed by atoms with E-state index in [0.717, 1.165) is 29.1 Å². The highest BCUT2D eigenvalue weighted by molar-refractivity contribution is 5.42. The van der Waals surface area contributed by atoms with Gasteiger partial charge >= 0.3 is 0 Å². The van der Waals surface area contributed by atoms with Crippen LogP contribution in [-0.4, -0.2) is 16.2 Å². The summed E-state index contributed by atoms with van der Waals surface area (Å²) >= 11 is 0. The van der Waals surface area contributed by atoms with Gasteiger partial charge in [-0.1, -0.05) is 25.2 Å². The molecule has 0 aromatic carbocycles. The molecule has 5 heteroatoms. The number of aromatic nitrogens is 2. The molecule has 2 N–H and O–H groups in total. The maximum atomic E-state index is 12.4. The van der Waals surface area contributed by atoms with Crippen LogP contribution in [0.25, 0.3) is 11.8 Å². The Kier molecular flexibility index (Phi) is 3.29. The average molecular weight is 239 g/mol. The van der Waals surface area contributed by atoms with E-state index in [1.54, 1.807) is 0 Å². The first-order chi connectivity index (χ1) is 8.11. The van der Waals surface area contributed by atoms with Gasteiger partial charge < -0.3 is 5.73 Å². The third-order valence-electron chi connectivity index (χ3n) is 2.66. The average Bonchev–Trinajstić information content (AvgIpc) is 2.56. The van der Waals surface area contributed by atoms with Crippen molar-refractivity contribution in [1.29, 1.82) is 0 Å². The molecule has 3 nitrogen and oxygen atoms in total. The lowest BCUT2D eigenvalue weighted by atomic mass is 10.1. The van der Waals surface area contributed by atoms with Crippen LogP contribution in [0.4, 0.5) is 8.78 Å². The molecule has 1 heterocycles. The van der Waals surface area contributed by atoms with Gasteiger partial charge in [0.15, 0.2) is 0 Å². The second kappa shape index (κ2) is 4.72. The third kappa shape index (κ3) is 2.39. The fourth-order valence-corrected chi connectivity index (χ4v) is 1.97. The van der Waals surface area contributed by atoms with Crippen LogP contribution < -0.4 is 16.3 Å². The Labute approximate surface area is 97.9 Å². The van der Waals surface area contributed by atoms with E-state index in [-0.39, 0.29) is 6.54 Å². The van der Waals surface area contributed by atoms with Crippen LogP contribution in [-0.2, 0) is 13.0 Å². The molecular weight excluding hydrogens is 224 g/mol. The summed E-state index contributed by atoms with van der Waals surface area (Å²) in [7, 11) is 0. The van der Waals surface area contributed by atoms with E-state index in [1.165, 1.54) is 4.68 Å². The largest absolute Gasteiger partial charge is 0.395 e.